The zero-order chi connectivity index (χ0) is 23.2. The highest BCUT2D eigenvalue weighted by molar-refractivity contribution is 7.85. The maximum Gasteiger partial charge on any atom is 0.292 e. The monoisotopic (exact) mass is 458 g/mol. The normalized spacial score (nSPS) is 11.7. The van der Waals surface area contributed by atoms with E-state index in [0.29, 0.717) is 0 Å². The molecule has 164 valence electrons. The molecule has 7 heteroatoms. The van der Waals surface area contributed by atoms with E-state index in [-0.39, 0.29) is 10.7 Å². The summed E-state index contributed by atoms with van der Waals surface area (Å²) in [6, 6.07) is 27.3. The van der Waals surface area contributed by atoms with Gasteiger partial charge < -0.3 is 4.55 Å². The summed E-state index contributed by atoms with van der Waals surface area (Å²) in [4.78, 5) is -0.178. The predicted octanol–water partition coefficient (Wildman–Crippen LogP) is 5.02. The van der Waals surface area contributed by atoms with E-state index < -0.39 is 10.1 Å². The van der Waals surface area contributed by atoms with Crippen molar-refractivity contribution in [2.24, 2.45) is 0 Å². The number of hydrogen-bond acceptors (Lipinski definition) is 3. The van der Waals surface area contributed by atoms with Gasteiger partial charge in [-0.1, -0.05) is 35.9 Å². The van der Waals surface area contributed by atoms with Gasteiger partial charge in [0.15, 0.2) is 5.52 Å². The molecular formula is C26H19FN2O3S. The standard InChI is InChI=1S/C19H12FN2.C7H8O3S/c20-15-7-9-17-14(11-15)6-10-19-21(17)12-16-8-5-13-3-1-2-4-18(13)22(16)19;1-6-2-4-7(5-3-6)11(8,9)10/h1-12H;2-5H,1H3,(H,8,9,10)/q+1;/p-1. The number of aryl methyl sites for hydroxylation is 1. The quantitative estimate of drug-likeness (QED) is 0.257. The first-order valence-corrected chi connectivity index (χ1v) is 11.7. The van der Waals surface area contributed by atoms with Crippen LogP contribution >= 0.6 is 0 Å². The molecule has 0 atom stereocenters. The number of nitrogens with zero attached hydrogens (tertiary/aromatic N) is 2. The fourth-order valence-electron chi connectivity index (χ4n) is 3.98. The Labute approximate surface area is 189 Å². The van der Waals surface area contributed by atoms with Crippen LogP contribution in [0, 0.1) is 12.7 Å². The topological polar surface area (TPSA) is 65.7 Å². The average molecular weight is 459 g/mol. The van der Waals surface area contributed by atoms with Gasteiger partial charge in [0.05, 0.1) is 4.90 Å². The molecule has 6 aromatic rings. The van der Waals surface area contributed by atoms with Gasteiger partial charge in [-0.05, 0) is 61.5 Å². The smallest absolute Gasteiger partial charge is 0.292 e. The Bertz CT molecular complexity index is 1760. The van der Waals surface area contributed by atoms with Crippen LogP contribution in [0.1, 0.15) is 5.56 Å². The molecule has 5 nitrogen and oxygen atoms in total. The van der Waals surface area contributed by atoms with E-state index in [4.69, 9.17) is 0 Å². The van der Waals surface area contributed by atoms with Crippen molar-refractivity contribution in [2.75, 3.05) is 0 Å². The van der Waals surface area contributed by atoms with Crippen molar-refractivity contribution < 1.29 is 21.8 Å². The zero-order valence-corrected chi connectivity index (χ0v) is 18.5. The van der Waals surface area contributed by atoms with E-state index in [1.165, 1.54) is 29.1 Å². The van der Waals surface area contributed by atoms with Crippen LogP contribution < -0.4 is 4.40 Å². The Morgan fingerprint density at radius 2 is 1.58 bits per heavy atom. The van der Waals surface area contributed by atoms with Gasteiger partial charge in [-0.2, -0.15) is 8.80 Å². The van der Waals surface area contributed by atoms with Crippen molar-refractivity contribution in [3.8, 4) is 0 Å². The van der Waals surface area contributed by atoms with Crippen molar-refractivity contribution in [3.63, 3.8) is 0 Å². The third-order valence-corrected chi connectivity index (χ3v) is 6.43. The third-order valence-electron chi connectivity index (χ3n) is 5.58. The molecule has 3 aromatic heterocycles. The SMILES string of the molecule is Cc1ccc(S(=O)(=O)[O-])cc1.Fc1ccc2c(ccc3n4c(ccc5ccccc54)c[n+]23)c1. The number of aromatic nitrogens is 2. The van der Waals surface area contributed by atoms with Gasteiger partial charge >= 0.3 is 0 Å². The van der Waals surface area contributed by atoms with Crippen LogP contribution in [-0.4, -0.2) is 17.4 Å². The van der Waals surface area contributed by atoms with E-state index in [9.17, 15) is 17.4 Å². The summed E-state index contributed by atoms with van der Waals surface area (Å²) >= 11 is 0. The maximum absolute atomic E-state index is 13.4. The molecule has 0 unspecified atom stereocenters. The van der Waals surface area contributed by atoms with Gasteiger partial charge in [0.1, 0.15) is 33.2 Å². The van der Waals surface area contributed by atoms with Gasteiger partial charge in [0.25, 0.3) is 5.65 Å². The molecular weight excluding hydrogens is 439 g/mol. The van der Waals surface area contributed by atoms with Gasteiger partial charge in [0.2, 0.25) is 0 Å². The molecule has 3 aromatic carbocycles. The van der Waals surface area contributed by atoms with Crippen LogP contribution in [0.3, 0.4) is 0 Å². The van der Waals surface area contributed by atoms with Crippen LogP contribution in [0.4, 0.5) is 4.39 Å². The number of benzene rings is 3. The second-order valence-electron chi connectivity index (χ2n) is 7.81. The number of hydrogen-bond donors (Lipinski definition) is 0. The van der Waals surface area contributed by atoms with E-state index >= 15 is 0 Å². The van der Waals surface area contributed by atoms with E-state index in [1.807, 2.05) is 31.2 Å². The van der Waals surface area contributed by atoms with Crippen molar-refractivity contribution >= 4 is 43.1 Å². The molecule has 0 saturated carbocycles. The van der Waals surface area contributed by atoms with Crippen molar-refractivity contribution in [3.05, 3.63) is 109 Å². The predicted molar refractivity (Wildman–Crippen MR) is 125 cm³/mol. The summed E-state index contributed by atoms with van der Waals surface area (Å²) in [7, 11) is -4.27. The fraction of sp³-hybridized carbons (Fsp3) is 0.0385. The highest BCUT2D eigenvalue weighted by Gasteiger charge is 2.16. The molecule has 6 rings (SSSR count). The first kappa shape index (κ1) is 21.1. The molecule has 3 heterocycles. The second kappa shape index (κ2) is 7.95. The molecule has 0 bridgehead atoms. The molecule has 0 aliphatic heterocycles. The summed E-state index contributed by atoms with van der Waals surface area (Å²) in [6.45, 7) is 1.82. The summed E-state index contributed by atoms with van der Waals surface area (Å²) in [5.41, 5.74) is 5.30. The van der Waals surface area contributed by atoms with Gasteiger partial charge in [-0.3, -0.25) is 0 Å². The molecule has 0 aliphatic rings. The fourth-order valence-corrected chi connectivity index (χ4v) is 4.45. The van der Waals surface area contributed by atoms with Crippen LogP contribution in [-0.2, 0) is 10.1 Å². The van der Waals surface area contributed by atoms with Crippen molar-refractivity contribution in [1.29, 1.82) is 0 Å². The molecule has 33 heavy (non-hydrogen) atoms. The van der Waals surface area contributed by atoms with Crippen molar-refractivity contribution in [1.82, 2.24) is 4.40 Å². The first-order chi connectivity index (χ1) is 15.8. The average Bonchev–Trinajstić information content (AvgIpc) is 3.18. The van der Waals surface area contributed by atoms with Gasteiger partial charge in [0, 0.05) is 16.8 Å². The second-order valence-corrected chi connectivity index (χ2v) is 9.19. The maximum atomic E-state index is 13.4. The minimum absolute atomic E-state index is 0.178. The van der Waals surface area contributed by atoms with Crippen LogP contribution in [0.2, 0.25) is 0 Å². The zero-order valence-electron chi connectivity index (χ0n) is 17.6. The van der Waals surface area contributed by atoms with Crippen LogP contribution in [0.5, 0.6) is 0 Å². The number of pyridine rings is 2. The lowest BCUT2D eigenvalue weighted by Crippen LogP contribution is -2.19. The first-order valence-electron chi connectivity index (χ1n) is 10.3. The Morgan fingerprint density at radius 1 is 0.848 bits per heavy atom. The Hall–Kier alpha value is -3.81. The molecule has 0 radical (unpaired) electrons. The van der Waals surface area contributed by atoms with Crippen LogP contribution in [0.25, 0.3) is 33.0 Å². The van der Waals surface area contributed by atoms with E-state index in [1.54, 1.807) is 18.2 Å². The molecule has 0 saturated heterocycles. The van der Waals surface area contributed by atoms with Crippen molar-refractivity contribution in [2.45, 2.75) is 11.8 Å². The third kappa shape index (κ3) is 3.92. The Balaban J connectivity index is 0.000000177. The number of fused-ring (bicyclic) bond motifs is 7. The lowest BCUT2D eigenvalue weighted by atomic mass is 10.2. The van der Waals surface area contributed by atoms with E-state index in [2.05, 4.69) is 45.3 Å². The molecule has 0 fully saturated rings. The van der Waals surface area contributed by atoms with Gasteiger partial charge in [-0.15, -0.1) is 0 Å². The van der Waals surface area contributed by atoms with Gasteiger partial charge in [-0.25, -0.2) is 12.8 Å². The minimum Gasteiger partial charge on any atom is -0.744 e. The lowest BCUT2D eigenvalue weighted by molar-refractivity contribution is -0.479. The lowest BCUT2D eigenvalue weighted by Gasteiger charge is -2.05. The molecule has 0 amide bonds. The molecule has 0 spiro atoms. The number of para-hydroxylation sites is 1. The molecule has 0 aliphatic carbocycles. The Kier molecular flexibility index (Phi) is 5.08. The summed E-state index contributed by atoms with van der Waals surface area (Å²) in [6.07, 6.45) is 2.10. The summed E-state index contributed by atoms with van der Waals surface area (Å²) in [5, 5.41) is 2.10. The highest BCUT2D eigenvalue weighted by Crippen LogP contribution is 2.21. The molecule has 0 N–H and O–H groups in total. The summed E-state index contributed by atoms with van der Waals surface area (Å²) < 4.78 is 49.0. The largest absolute Gasteiger partial charge is 0.744 e. The highest BCUT2D eigenvalue weighted by atomic mass is 32.2. The summed E-state index contributed by atoms with van der Waals surface area (Å²) in [5.74, 6) is -0.207. The Morgan fingerprint density at radius 3 is 2.33 bits per heavy atom. The van der Waals surface area contributed by atoms with E-state index in [0.717, 1.165) is 27.6 Å². The van der Waals surface area contributed by atoms with Crippen LogP contribution in [0.15, 0.2) is 102 Å². The number of rotatable bonds is 1. The minimum atomic E-state index is -4.27. The number of imidazole rings is 1. The number of halogens is 1.